The quantitative estimate of drug-likeness (QED) is 0.518. The molecule has 13 heteroatoms. The van der Waals surface area contributed by atoms with Crippen molar-refractivity contribution in [3.05, 3.63) is 23.3 Å². The van der Waals surface area contributed by atoms with Gasteiger partial charge in [-0.1, -0.05) is 0 Å². The predicted octanol–water partition coefficient (Wildman–Crippen LogP) is 2.79. The first kappa shape index (κ1) is 29.5. The number of benzene rings is 1. The number of hydrogen-bond acceptors (Lipinski definition) is 7. The van der Waals surface area contributed by atoms with Crippen molar-refractivity contribution < 1.29 is 41.8 Å². The maximum Gasteiger partial charge on any atom is 0.417 e. The third-order valence-electron chi connectivity index (χ3n) is 6.62. The van der Waals surface area contributed by atoms with Gasteiger partial charge in [-0.2, -0.15) is 13.2 Å². The summed E-state index contributed by atoms with van der Waals surface area (Å²) in [5.74, 6) is -1.59. The molecule has 1 fully saturated rings. The highest BCUT2D eigenvalue weighted by Gasteiger charge is 2.47. The summed E-state index contributed by atoms with van der Waals surface area (Å²) in [4.78, 5) is 41.4. The van der Waals surface area contributed by atoms with E-state index in [0.717, 1.165) is 25.1 Å². The van der Waals surface area contributed by atoms with Crippen LogP contribution in [0.15, 0.2) is 12.1 Å². The second kappa shape index (κ2) is 11.8. The molecular weight excluding hydrogens is 509 g/mol. The van der Waals surface area contributed by atoms with Crippen molar-refractivity contribution in [1.29, 1.82) is 0 Å². The molecule has 3 rings (SSSR count). The van der Waals surface area contributed by atoms with Gasteiger partial charge in [0.1, 0.15) is 5.75 Å². The van der Waals surface area contributed by atoms with E-state index in [1.165, 1.54) is 30.9 Å². The van der Waals surface area contributed by atoms with E-state index in [0.29, 0.717) is 13.0 Å². The predicted molar refractivity (Wildman–Crippen MR) is 132 cm³/mol. The minimum atomic E-state index is -4.87. The zero-order valence-corrected chi connectivity index (χ0v) is 22.2. The number of alkyl carbamates (subject to hydrolysis) is 1. The summed E-state index contributed by atoms with van der Waals surface area (Å²) in [6.07, 6.45) is -4.15. The first-order valence-electron chi connectivity index (χ1n) is 12.4. The molecule has 1 unspecified atom stereocenters. The second-order valence-electron chi connectivity index (χ2n) is 9.81. The van der Waals surface area contributed by atoms with Crippen molar-refractivity contribution in [2.45, 2.75) is 57.5 Å². The molecule has 2 aliphatic heterocycles. The minimum absolute atomic E-state index is 0.00271. The van der Waals surface area contributed by atoms with Gasteiger partial charge in [0.25, 0.3) is 11.8 Å². The van der Waals surface area contributed by atoms with Gasteiger partial charge in [0, 0.05) is 38.8 Å². The van der Waals surface area contributed by atoms with Gasteiger partial charge in [-0.05, 0) is 52.3 Å². The van der Waals surface area contributed by atoms with Crippen molar-refractivity contribution in [2.24, 2.45) is 0 Å². The Morgan fingerprint density at radius 3 is 2.58 bits per heavy atom. The number of carbonyl (C=O) groups excluding carboxylic acids is 3. The third kappa shape index (κ3) is 6.15. The molecule has 0 bridgehead atoms. The number of nitrogens with zero attached hydrogens (tertiary/aromatic N) is 2. The third-order valence-corrected chi connectivity index (χ3v) is 6.62. The number of ether oxygens (including phenoxy) is 3. The van der Waals surface area contributed by atoms with Crippen LogP contribution in [0.1, 0.15) is 49.5 Å². The molecule has 38 heavy (non-hydrogen) atoms. The highest BCUT2D eigenvalue weighted by Crippen LogP contribution is 2.44. The molecule has 0 aromatic heterocycles. The number of alkyl halides is 3. The van der Waals surface area contributed by atoms with Gasteiger partial charge < -0.3 is 34.6 Å². The lowest BCUT2D eigenvalue weighted by Crippen LogP contribution is -2.58. The van der Waals surface area contributed by atoms with Crippen molar-refractivity contribution >= 4 is 23.6 Å². The molecule has 1 aromatic rings. The van der Waals surface area contributed by atoms with E-state index in [4.69, 9.17) is 9.47 Å². The second-order valence-corrected chi connectivity index (χ2v) is 9.81. The number of hydrogen-bond donors (Lipinski definition) is 2. The van der Waals surface area contributed by atoms with E-state index >= 15 is 0 Å². The molecule has 1 saturated heterocycles. The Kier molecular flexibility index (Phi) is 9.13. The molecule has 0 radical (unpaired) electrons. The number of rotatable bonds is 8. The molecule has 2 N–H and O–H groups in total. The Bertz CT molecular complexity index is 1040. The van der Waals surface area contributed by atoms with E-state index < -0.39 is 40.8 Å². The van der Waals surface area contributed by atoms with Crippen LogP contribution in [0.2, 0.25) is 0 Å². The highest BCUT2D eigenvalue weighted by molar-refractivity contribution is 6.05. The summed E-state index contributed by atoms with van der Waals surface area (Å²) >= 11 is 0. The molecular formula is C25H35F3N4O6. The standard InChI is InChI=1S/C25H35F3N4O6/c1-15(2)32(16-7-6-8-29-13-16)21(33)17-11-19-20(12-18(17)25(26,27)28)38-24(3,14-36-4)22(34)31(19)10-9-30-23(35)37-5/h11-12,15-16,29H,6-10,13-14H2,1-5H3,(H,30,35)/t16-,24?/m1/s1. The van der Waals surface area contributed by atoms with E-state index in [-0.39, 0.29) is 43.2 Å². The van der Waals surface area contributed by atoms with Crippen LogP contribution in [-0.2, 0) is 20.4 Å². The summed E-state index contributed by atoms with van der Waals surface area (Å²) < 4.78 is 58.4. The van der Waals surface area contributed by atoms with E-state index in [1.54, 1.807) is 13.8 Å². The molecule has 1 aromatic carbocycles. The lowest BCUT2D eigenvalue weighted by atomic mass is 9.96. The number of anilines is 1. The molecule has 2 aliphatic rings. The summed E-state index contributed by atoms with van der Waals surface area (Å²) in [5.41, 5.74) is -3.36. The fraction of sp³-hybridized carbons (Fsp3) is 0.640. The summed E-state index contributed by atoms with van der Waals surface area (Å²) in [6.45, 7) is 5.77. The van der Waals surface area contributed by atoms with Crippen LogP contribution >= 0.6 is 0 Å². The topological polar surface area (TPSA) is 109 Å². The Hall–Kier alpha value is -3.06. The Balaban J connectivity index is 2.13. The molecule has 0 spiro atoms. The normalized spacial score (nSPS) is 21.6. The van der Waals surface area contributed by atoms with Crippen molar-refractivity contribution in [1.82, 2.24) is 15.5 Å². The number of carbonyl (C=O) groups is 3. The van der Waals surface area contributed by atoms with Crippen LogP contribution in [0, 0.1) is 0 Å². The number of methoxy groups -OCH3 is 2. The summed E-state index contributed by atoms with van der Waals surface area (Å²) in [6, 6.07) is 1.18. The zero-order chi connectivity index (χ0) is 28.3. The summed E-state index contributed by atoms with van der Waals surface area (Å²) in [7, 11) is 2.52. The molecule has 3 amide bonds. The number of halogens is 3. The van der Waals surface area contributed by atoms with Gasteiger partial charge in [-0.15, -0.1) is 0 Å². The largest absolute Gasteiger partial charge is 0.473 e. The average molecular weight is 545 g/mol. The minimum Gasteiger partial charge on any atom is -0.473 e. The van der Waals surface area contributed by atoms with Gasteiger partial charge in [0.15, 0.2) is 0 Å². The number of piperidine rings is 1. The smallest absolute Gasteiger partial charge is 0.417 e. The molecule has 212 valence electrons. The maximum absolute atomic E-state index is 14.3. The van der Waals surface area contributed by atoms with Gasteiger partial charge >= 0.3 is 12.3 Å². The Morgan fingerprint density at radius 2 is 2.03 bits per heavy atom. The van der Waals surface area contributed by atoms with Crippen molar-refractivity contribution in [2.75, 3.05) is 51.9 Å². The summed E-state index contributed by atoms with van der Waals surface area (Å²) in [5, 5.41) is 5.65. The van der Waals surface area contributed by atoms with Gasteiger partial charge in [0.2, 0.25) is 5.60 Å². The number of fused-ring (bicyclic) bond motifs is 1. The number of nitrogens with one attached hydrogen (secondary N) is 2. The first-order chi connectivity index (χ1) is 17.8. The van der Waals surface area contributed by atoms with E-state index in [1.807, 2.05) is 0 Å². The molecule has 2 heterocycles. The maximum atomic E-state index is 14.3. The van der Waals surface area contributed by atoms with E-state index in [9.17, 15) is 27.6 Å². The van der Waals surface area contributed by atoms with Crippen LogP contribution in [0.5, 0.6) is 5.75 Å². The SMILES string of the molecule is COCC1(C)Oc2cc(C(F)(F)F)c(C(=O)N(C(C)C)[C@@H]3CCCNC3)cc2N(CCNC(=O)OC)C1=O. The molecule has 0 saturated carbocycles. The monoisotopic (exact) mass is 544 g/mol. The van der Waals surface area contributed by atoms with Gasteiger partial charge in [-0.25, -0.2) is 4.79 Å². The fourth-order valence-electron chi connectivity index (χ4n) is 4.92. The first-order valence-corrected chi connectivity index (χ1v) is 12.4. The van der Waals surface area contributed by atoms with Gasteiger partial charge in [0.05, 0.1) is 30.5 Å². The lowest BCUT2D eigenvalue weighted by Gasteiger charge is -2.41. The Morgan fingerprint density at radius 1 is 1.32 bits per heavy atom. The van der Waals surface area contributed by atoms with Crippen molar-refractivity contribution in [3.8, 4) is 5.75 Å². The van der Waals surface area contributed by atoms with Crippen LogP contribution in [0.25, 0.3) is 0 Å². The molecule has 0 aliphatic carbocycles. The highest BCUT2D eigenvalue weighted by atomic mass is 19.4. The van der Waals surface area contributed by atoms with E-state index in [2.05, 4.69) is 15.4 Å². The fourth-order valence-corrected chi connectivity index (χ4v) is 4.92. The Labute approximate surface area is 219 Å². The van der Waals surface area contributed by atoms with Crippen molar-refractivity contribution in [3.63, 3.8) is 0 Å². The average Bonchev–Trinajstić information content (AvgIpc) is 2.85. The van der Waals surface area contributed by atoms with Crippen LogP contribution in [-0.4, -0.2) is 87.5 Å². The molecule has 2 atom stereocenters. The molecule has 10 nitrogen and oxygen atoms in total. The lowest BCUT2D eigenvalue weighted by molar-refractivity contribution is -0.139. The van der Waals surface area contributed by atoms with Gasteiger partial charge in [-0.3, -0.25) is 9.59 Å². The van der Waals surface area contributed by atoms with Crippen LogP contribution in [0.4, 0.5) is 23.7 Å². The van der Waals surface area contributed by atoms with Crippen LogP contribution < -0.4 is 20.3 Å². The number of amides is 3. The zero-order valence-electron chi connectivity index (χ0n) is 22.2. The van der Waals surface area contributed by atoms with Crippen LogP contribution in [0.3, 0.4) is 0 Å².